The summed E-state index contributed by atoms with van der Waals surface area (Å²) >= 11 is 0. The third-order valence-corrected chi connectivity index (χ3v) is 5.03. The van der Waals surface area contributed by atoms with E-state index in [-0.39, 0.29) is 22.9 Å². The first-order chi connectivity index (χ1) is 16.0. The van der Waals surface area contributed by atoms with Crippen molar-refractivity contribution in [3.63, 3.8) is 0 Å². The Morgan fingerprint density at radius 1 is 0.882 bits per heavy atom. The van der Waals surface area contributed by atoms with Gasteiger partial charge in [-0.15, -0.1) is 0 Å². The van der Waals surface area contributed by atoms with Gasteiger partial charge in [0.1, 0.15) is 17.2 Å². The number of rotatable bonds is 7. The molecule has 3 N–H and O–H groups in total. The highest BCUT2D eigenvalue weighted by molar-refractivity contribution is 5.99. The van der Waals surface area contributed by atoms with E-state index in [9.17, 15) is 22.8 Å². The highest BCUT2D eigenvalue weighted by Crippen LogP contribution is 2.41. The van der Waals surface area contributed by atoms with E-state index in [4.69, 9.17) is 4.74 Å². The number of pyridine rings is 1. The first-order valence-electron chi connectivity index (χ1n) is 10.2. The minimum absolute atomic E-state index is 0.160. The molecule has 10 heteroatoms. The van der Waals surface area contributed by atoms with Gasteiger partial charge in [0.15, 0.2) is 5.67 Å². The van der Waals surface area contributed by atoms with Crippen LogP contribution in [0.4, 0.5) is 29.3 Å². The predicted octanol–water partition coefficient (Wildman–Crippen LogP) is 5.72. The van der Waals surface area contributed by atoms with E-state index in [0.29, 0.717) is 24.1 Å². The second-order valence-electron chi connectivity index (χ2n) is 7.63. The summed E-state index contributed by atoms with van der Waals surface area (Å²) in [6, 6.07) is 14.1. The molecule has 0 aliphatic heterocycles. The summed E-state index contributed by atoms with van der Waals surface area (Å²) in [6.07, 6.45) is 1.45. The molecule has 0 saturated heterocycles. The Balaban J connectivity index is 1.63. The van der Waals surface area contributed by atoms with Crippen LogP contribution in [0.2, 0.25) is 0 Å². The Morgan fingerprint density at radius 3 is 2.21 bits per heavy atom. The number of amides is 3. The maximum absolute atomic E-state index is 14.6. The van der Waals surface area contributed by atoms with Crippen LogP contribution in [0.3, 0.4) is 0 Å². The molecular weight excluding hydrogens is 449 g/mol. The van der Waals surface area contributed by atoms with E-state index >= 15 is 0 Å². The van der Waals surface area contributed by atoms with Crippen LogP contribution in [0.1, 0.15) is 29.9 Å². The Kier molecular flexibility index (Phi) is 7.09. The summed E-state index contributed by atoms with van der Waals surface area (Å²) in [4.78, 5) is 27.9. The molecular formula is C24H23F3N4O3. The van der Waals surface area contributed by atoms with Crippen molar-refractivity contribution in [3.05, 3.63) is 78.1 Å². The second-order valence-corrected chi connectivity index (χ2v) is 7.63. The van der Waals surface area contributed by atoms with Crippen molar-refractivity contribution in [2.75, 3.05) is 17.7 Å². The topological polar surface area (TPSA) is 92.4 Å². The standard InChI is InChI=1S/C24H23F3N4O3/c1-23(25,24(2,26)27)15-5-4-6-17(13-15)31-22(33)30-16-7-9-18(10-8-16)34-19-11-12-29-20(14-19)21(32)28-3/h4-14H,1-3H3,(H,28,32)(H2,30,31,33). The number of aromatic nitrogens is 1. The molecule has 1 aromatic heterocycles. The molecule has 1 atom stereocenters. The van der Waals surface area contributed by atoms with Gasteiger partial charge in [0.25, 0.3) is 11.8 Å². The molecule has 1 unspecified atom stereocenters. The normalized spacial score (nSPS) is 12.9. The van der Waals surface area contributed by atoms with E-state index in [1.54, 1.807) is 30.3 Å². The van der Waals surface area contributed by atoms with Gasteiger partial charge in [0, 0.05) is 37.6 Å². The quantitative estimate of drug-likeness (QED) is 0.410. The Bertz CT molecular complexity index is 1180. The zero-order valence-corrected chi connectivity index (χ0v) is 18.7. The number of hydrogen-bond donors (Lipinski definition) is 3. The molecule has 178 valence electrons. The third kappa shape index (κ3) is 5.83. The fourth-order valence-electron chi connectivity index (χ4n) is 2.91. The summed E-state index contributed by atoms with van der Waals surface area (Å²) in [5.41, 5.74) is -2.36. The summed E-state index contributed by atoms with van der Waals surface area (Å²) in [6.45, 7) is 1.30. The summed E-state index contributed by atoms with van der Waals surface area (Å²) < 4.78 is 47.5. The van der Waals surface area contributed by atoms with Crippen molar-refractivity contribution in [3.8, 4) is 11.5 Å². The van der Waals surface area contributed by atoms with Crippen LogP contribution in [0.5, 0.6) is 11.5 Å². The van der Waals surface area contributed by atoms with Crippen molar-refractivity contribution >= 4 is 23.3 Å². The van der Waals surface area contributed by atoms with Crippen LogP contribution >= 0.6 is 0 Å². The number of nitrogens with zero attached hydrogens (tertiary/aromatic N) is 1. The van der Waals surface area contributed by atoms with Crippen LogP contribution in [0.15, 0.2) is 66.9 Å². The Labute approximate surface area is 194 Å². The van der Waals surface area contributed by atoms with E-state index in [2.05, 4.69) is 20.9 Å². The SMILES string of the molecule is CNC(=O)c1cc(Oc2ccc(NC(=O)Nc3cccc(C(C)(F)C(C)(F)F)c3)cc2)ccn1. The number of alkyl halides is 3. The Hall–Kier alpha value is -4.08. The smallest absolute Gasteiger partial charge is 0.323 e. The fraction of sp³-hybridized carbons (Fsp3) is 0.208. The molecule has 0 fully saturated rings. The van der Waals surface area contributed by atoms with Crippen LogP contribution in [-0.4, -0.2) is 29.9 Å². The molecule has 0 radical (unpaired) electrons. The molecule has 0 aliphatic rings. The summed E-state index contributed by atoms with van der Waals surface area (Å²) in [5.74, 6) is -3.08. The number of anilines is 2. The first-order valence-corrected chi connectivity index (χ1v) is 10.2. The van der Waals surface area contributed by atoms with Crippen LogP contribution in [0, 0.1) is 0 Å². The zero-order chi connectivity index (χ0) is 24.9. The average Bonchev–Trinajstić information content (AvgIpc) is 2.79. The van der Waals surface area contributed by atoms with Crippen LogP contribution in [-0.2, 0) is 5.67 Å². The van der Waals surface area contributed by atoms with Gasteiger partial charge >= 0.3 is 6.03 Å². The van der Waals surface area contributed by atoms with Crippen molar-refractivity contribution in [1.82, 2.24) is 10.3 Å². The predicted molar refractivity (Wildman–Crippen MR) is 122 cm³/mol. The minimum Gasteiger partial charge on any atom is -0.457 e. The third-order valence-electron chi connectivity index (χ3n) is 5.03. The molecule has 0 spiro atoms. The number of hydrogen-bond acceptors (Lipinski definition) is 4. The van der Waals surface area contributed by atoms with E-state index in [0.717, 1.165) is 13.0 Å². The molecule has 0 saturated carbocycles. The first kappa shape index (κ1) is 24.6. The van der Waals surface area contributed by atoms with Crippen molar-refractivity contribution in [2.45, 2.75) is 25.4 Å². The maximum Gasteiger partial charge on any atom is 0.323 e. The lowest BCUT2D eigenvalue weighted by atomic mass is 9.92. The average molecular weight is 472 g/mol. The number of carbonyl (C=O) groups is 2. The van der Waals surface area contributed by atoms with Crippen molar-refractivity contribution in [2.24, 2.45) is 0 Å². The zero-order valence-electron chi connectivity index (χ0n) is 18.7. The molecule has 3 rings (SSSR count). The second kappa shape index (κ2) is 9.82. The van der Waals surface area contributed by atoms with Crippen molar-refractivity contribution in [1.29, 1.82) is 0 Å². The van der Waals surface area contributed by atoms with E-state index in [1.807, 2.05) is 0 Å². The summed E-state index contributed by atoms with van der Waals surface area (Å²) in [5, 5.41) is 7.56. The fourth-order valence-corrected chi connectivity index (χ4v) is 2.91. The minimum atomic E-state index is -3.60. The van der Waals surface area contributed by atoms with Gasteiger partial charge in [-0.25, -0.2) is 18.0 Å². The molecule has 34 heavy (non-hydrogen) atoms. The van der Waals surface area contributed by atoms with Crippen LogP contribution in [0.25, 0.3) is 0 Å². The number of urea groups is 1. The van der Waals surface area contributed by atoms with Gasteiger partial charge < -0.3 is 20.7 Å². The van der Waals surface area contributed by atoms with Gasteiger partial charge in [0.2, 0.25) is 0 Å². The van der Waals surface area contributed by atoms with Gasteiger partial charge in [0.05, 0.1) is 0 Å². The van der Waals surface area contributed by atoms with Gasteiger partial charge in [-0.1, -0.05) is 12.1 Å². The monoisotopic (exact) mass is 472 g/mol. The van der Waals surface area contributed by atoms with Crippen molar-refractivity contribution < 1.29 is 27.5 Å². The lowest BCUT2D eigenvalue weighted by Crippen LogP contribution is -2.36. The lowest BCUT2D eigenvalue weighted by Gasteiger charge is -2.27. The largest absolute Gasteiger partial charge is 0.457 e. The Morgan fingerprint density at radius 2 is 1.56 bits per heavy atom. The molecule has 2 aromatic carbocycles. The number of benzene rings is 2. The molecule has 0 aliphatic carbocycles. The number of ether oxygens (including phenoxy) is 1. The molecule has 1 heterocycles. The highest BCUT2D eigenvalue weighted by atomic mass is 19.3. The van der Waals surface area contributed by atoms with E-state index in [1.165, 1.54) is 37.5 Å². The summed E-state index contributed by atoms with van der Waals surface area (Å²) in [7, 11) is 1.50. The number of carbonyl (C=O) groups excluding carboxylic acids is 2. The van der Waals surface area contributed by atoms with Gasteiger partial charge in [-0.05, 0) is 55.0 Å². The maximum atomic E-state index is 14.6. The van der Waals surface area contributed by atoms with Gasteiger partial charge in [-0.2, -0.15) is 0 Å². The molecule has 0 bridgehead atoms. The number of nitrogens with one attached hydrogen (secondary N) is 3. The number of halogens is 3. The van der Waals surface area contributed by atoms with Gasteiger partial charge in [-0.3, -0.25) is 9.78 Å². The lowest BCUT2D eigenvalue weighted by molar-refractivity contribution is -0.119. The molecule has 3 aromatic rings. The van der Waals surface area contributed by atoms with E-state index < -0.39 is 17.6 Å². The molecule has 3 amide bonds. The van der Waals surface area contributed by atoms with Crippen LogP contribution < -0.4 is 20.7 Å². The molecule has 7 nitrogen and oxygen atoms in total. The highest BCUT2D eigenvalue weighted by Gasteiger charge is 2.48.